The van der Waals surface area contributed by atoms with Crippen molar-refractivity contribution in [3.8, 4) is 0 Å². The molecule has 0 radical (unpaired) electrons. The Kier molecular flexibility index (Phi) is 7.43. The zero-order valence-electron chi connectivity index (χ0n) is 13.7. The molecule has 1 saturated heterocycles. The zero-order chi connectivity index (χ0) is 18.4. The molecule has 1 aliphatic heterocycles. The molecule has 1 rings (SSSR count). The van der Waals surface area contributed by atoms with Crippen LogP contribution in [0.1, 0.15) is 27.7 Å². The number of carbonyl (C=O) groups is 4. The van der Waals surface area contributed by atoms with Gasteiger partial charge in [0.15, 0.2) is 17.8 Å². The van der Waals surface area contributed by atoms with Gasteiger partial charge >= 0.3 is 17.9 Å². The van der Waals surface area contributed by atoms with Gasteiger partial charge in [-0.3, -0.25) is 19.2 Å². The summed E-state index contributed by atoms with van der Waals surface area (Å²) in [5, 5.41) is 2.50. The minimum absolute atomic E-state index is 0.263. The highest BCUT2D eigenvalue weighted by molar-refractivity contribution is 6.20. The van der Waals surface area contributed by atoms with Gasteiger partial charge in [0, 0.05) is 27.7 Å². The first-order chi connectivity index (χ1) is 11.1. The fourth-order valence-electron chi connectivity index (χ4n) is 2.28. The van der Waals surface area contributed by atoms with E-state index in [4.69, 9.17) is 30.5 Å². The van der Waals surface area contributed by atoms with Crippen LogP contribution in [0.4, 0.5) is 0 Å². The number of alkyl halides is 1. The van der Waals surface area contributed by atoms with Crippen LogP contribution in [0.2, 0.25) is 0 Å². The van der Waals surface area contributed by atoms with Crippen LogP contribution in [-0.4, -0.2) is 60.3 Å². The average Bonchev–Trinajstić information content (AvgIpc) is 2.42. The van der Waals surface area contributed by atoms with E-state index in [0.29, 0.717) is 0 Å². The molecular weight excluding hydrogens is 346 g/mol. The van der Waals surface area contributed by atoms with Crippen molar-refractivity contribution in [2.24, 2.45) is 0 Å². The van der Waals surface area contributed by atoms with Gasteiger partial charge in [0.25, 0.3) is 0 Å². The molecule has 10 heteroatoms. The van der Waals surface area contributed by atoms with E-state index in [1.165, 1.54) is 13.8 Å². The fraction of sp³-hybridized carbons (Fsp3) is 0.714. The third-order valence-corrected chi connectivity index (χ3v) is 3.43. The van der Waals surface area contributed by atoms with Crippen LogP contribution in [0.25, 0.3) is 0 Å². The summed E-state index contributed by atoms with van der Waals surface area (Å²) < 4.78 is 20.7. The number of ether oxygens (including phenoxy) is 4. The standard InChI is InChI=1S/C14H20ClNO8/c1-6(17)16-11-13(23-9(4)20)12(22-8(3)19)10(24-14(11)15)5-21-7(2)18/h10-14H,5H2,1-4H3,(H,16,17)/t10?,11-,12-,13?,14-/m0/s1. The smallest absolute Gasteiger partial charge is 0.303 e. The van der Waals surface area contributed by atoms with Crippen LogP contribution >= 0.6 is 11.6 Å². The first-order valence-corrected chi connectivity index (χ1v) is 7.60. The highest BCUT2D eigenvalue weighted by Gasteiger charge is 2.50. The Morgan fingerprint density at radius 1 is 0.958 bits per heavy atom. The lowest BCUT2D eigenvalue weighted by atomic mass is 9.97. The second-order valence-electron chi connectivity index (χ2n) is 5.20. The van der Waals surface area contributed by atoms with Gasteiger partial charge in [-0.1, -0.05) is 11.6 Å². The molecule has 0 aromatic heterocycles. The average molecular weight is 366 g/mol. The summed E-state index contributed by atoms with van der Waals surface area (Å²) in [5.41, 5.74) is -1.09. The Morgan fingerprint density at radius 3 is 1.96 bits per heavy atom. The Morgan fingerprint density at radius 2 is 1.50 bits per heavy atom. The number of amides is 1. The first-order valence-electron chi connectivity index (χ1n) is 7.16. The largest absolute Gasteiger partial charge is 0.463 e. The molecule has 1 amide bonds. The van der Waals surface area contributed by atoms with Crippen molar-refractivity contribution in [2.45, 2.75) is 57.6 Å². The maximum absolute atomic E-state index is 11.4. The Bertz CT molecular complexity index is 511. The van der Waals surface area contributed by atoms with E-state index >= 15 is 0 Å². The van der Waals surface area contributed by atoms with Crippen molar-refractivity contribution in [3.63, 3.8) is 0 Å². The van der Waals surface area contributed by atoms with Gasteiger partial charge in [-0.2, -0.15) is 0 Å². The molecule has 0 aromatic rings. The van der Waals surface area contributed by atoms with Gasteiger partial charge in [-0.15, -0.1) is 0 Å². The maximum atomic E-state index is 11.4. The molecule has 24 heavy (non-hydrogen) atoms. The zero-order valence-corrected chi connectivity index (χ0v) is 14.5. The van der Waals surface area contributed by atoms with E-state index in [0.717, 1.165) is 13.8 Å². The Balaban J connectivity index is 3.11. The summed E-state index contributed by atoms with van der Waals surface area (Å²) >= 11 is 6.11. The minimum Gasteiger partial charge on any atom is -0.463 e. The summed E-state index contributed by atoms with van der Waals surface area (Å²) in [5.74, 6) is -2.33. The van der Waals surface area contributed by atoms with E-state index < -0.39 is 53.7 Å². The Labute approximate surface area is 143 Å². The summed E-state index contributed by atoms with van der Waals surface area (Å²) in [7, 11) is 0. The van der Waals surface area contributed by atoms with Gasteiger partial charge in [-0.25, -0.2) is 0 Å². The van der Waals surface area contributed by atoms with E-state index in [1.54, 1.807) is 0 Å². The predicted molar refractivity (Wildman–Crippen MR) is 79.9 cm³/mol. The second kappa shape index (κ2) is 8.84. The third kappa shape index (κ3) is 5.97. The van der Waals surface area contributed by atoms with Crippen molar-refractivity contribution in [2.75, 3.05) is 6.61 Å². The third-order valence-electron chi connectivity index (χ3n) is 3.06. The minimum atomic E-state index is -1.11. The molecule has 0 aromatic carbocycles. The quantitative estimate of drug-likeness (QED) is 0.407. The van der Waals surface area contributed by atoms with Crippen molar-refractivity contribution < 1.29 is 38.1 Å². The second-order valence-corrected chi connectivity index (χ2v) is 5.63. The molecular formula is C14H20ClNO8. The predicted octanol–water partition coefficient (Wildman–Crippen LogP) is -0.119. The van der Waals surface area contributed by atoms with Gasteiger partial charge in [0.2, 0.25) is 5.91 Å². The highest BCUT2D eigenvalue weighted by atomic mass is 35.5. The van der Waals surface area contributed by atoms with Crippen molar-refractivity contribution in [1.82, 2.24) is 5.32 Å². The molecule has 1 heterocycles. The van der Waals surface area contributed by atoms with Gasteiger partial charge in [-0.05, 0) is 0 Å². The summed E-state index contributed by atoms with van der Waals surface area (Å²) in [6.07, 6.45) is -3.18. The number of esters is 3. The van der Waals surface area contributed by atoms with Crippen LogP contribution in [0, 0.1) is 0 Å². The molecule has 0 aliphatic carbocycles. The topological polar surface area (TPSA) is 117 Å². The summed E-state index contributed by atoms with van der Waals surface area (Å²) in [6, 6.07) is -0.953. The Hall–Kier alpha value is -1.87. The van der Waals surface area contributed by atoms with E-state index in [-0.39, 0.29) is 6.61 Å². The first kappa shape index (κ1) is 20.2. The van der Waals surface area contributed by atoms with E-state index in [1.807, 2.05) is 0 Å². The lowest BCUT2D eigenvalue weighted by Crippen LogP contribution is -2.64. The molecule has 136 valence electrons. The summed E-state index contributed by atoms with van der Waals surface area (Å²) in [6.45, 7) is 4.51. The molecule has 1 N–H and O–H groups in total. The molecule has 2 unspecified atom stereocenters. The van der Waals surface area contributed by atoms with Gasteiger partial charge < -0.3 is 24.3 Å². The molecule has 0 saturated carbocycles. The molecule has 1 fully saturated rings. The van der Waals surface area contributed by atoms with Gasteiger partial charge in [0.05, 0.1) is 0 Å². The maximum Gasteiger partial charge on any atom is 0.303 e. The van der Waals surface area contributed by atoms with Crippen molar-refractivity contribution >= 4 is 35.4 Å². The number of nitrogens with one attached hydrogen (secondary N) is 1. The van der Waals surface area contributed by atoms with Crippen LogP contribution in [0.15, 0.2) is 0 Å². The monoisotopic (exact) mass is 365 g/mol. The lowest BCUT2D eigenvalue weighted by molar-refractivity contribution is -0.212. The molecule has 0 spiro atoms. The molecule has 5 atom stereocenters. The van der Waals surface area contributed by atoms with Crippen LogP contribution in [0.5, 0.6) is 0 Å². The van der Waals surface area contributed by atoms with Crippen LogP contribution in [0.3, 0.4) is 0 Å². The number of carbonyl (C=O) groups excluding carboxylic acids is 4. The summed E-state index contributed by atoms with van der Waals surface area (Å²) in [4.78, 5) is 45.2. The van der Waals surface area contributed by atoms with Crippen LogP contribution in [-0.2, 0) is 38.1 Å². The van der Waals surface area contributed by atoms with E-state index in [9.17, 15) is 19.2 Å². The molecule has 9 nitrogen and oxygen atoms in total. The molecule has 1 aliphatic rings. The van der Waals surface area contributed by atoms with Crippen molar-refractivity contribution in [1.29, 1.82) is 0 Å². The van der Waals surface area contributed by atoms with Crippen molar-refractivity contribution in [3.05, 3.63) is 0 Å². The SMILES string of the molecule is CC(=O)N[C@H]1C(OC(C)=O)[C@@H](OC(C)=O)C(COC(C)=O)O[C@@H]1Cl. The van der Waals surface area contributed by atoms with E-state index in [2.05, 4.69) is 5.32 Å². The van der Waals surface area contributed by atoms with Gasteiger partial charge in [0.1, 0.15) is 18.8 Å². The van der Waals surface area contributed by atoms with Crippen LogP contribution < -0.4 is 5.32 Å². The molecule has 0 bridgehead atoms. The lowest BCUT2D eigenvalue weighted by Gasteiger charge is -2.43. The fourth-order valence-corrected chi connectivity index (χ4v) is 2.62. The number of hydrogen-bond donors (Lipinski definition) is 1. The number of halogens is 1. The highest BCUT2D eigenvalue weighted by Crippen LogP contribution is 2.28. The number of hydrogen-bond acceptors (Lipinski definition) is 8. The normalized spacial score (nSPS) is 29.3. The number of rotatable bonds is 5.